The number of rotatable bonds is 2. The zero-order chi connectivity index (χ0) is 11.9. The third kappa shape index (κ3) is 1.53. The molecule has 5 nitrogen and oxygen atoms in total. The van der Waals surface area contributed by atoms with Crippen LogP contribution in [-0.4, -0.2) is 24.7 Å². The molecule has 2 rings (SSSR count). The van der Waals surface area contributed by atoms with Crippen molar-refractivity contribution in [1.29, 1.82) is 0 Å². The summed E-state index contributed by atoms with van der Waals surface area (Å²) in [7, 11) is 1.86. The van der Waals surface area contributed by atoms with E-state index in [9.17, 15) is 5.11 Å². The summed E-state index contributed by atoms with van der Waals surface area (Å²) in [5, 5.41) is 18.1. The molecule has 0 aliphatic heterocycles. The molecule has 0 amide bonds. The summed E-state index contributed by atoms with van der Waals surface area (Å²) in [4.78, 5) is 0. The molecule has 0 spiro atoms. The van der Waals surface area contributed by atoms with Crippen LogP contribution in [-0.2, 0) is 13.7 Å². The van der Waals surface area contributed by atoms with E-state index in [1.165, 1.54) is 0 Å². The summed E-state index contributed by atoms with van der Waals surface area (Å²) in [5.74, 6) is 0.839. The molecule has 0 aliphatic carbocycles. The second-order valence-corrected chi connectivity index (χ2v) is 4.01. The molecule has 0 atom stereocenters. The summed E-state index contributed by atoms with van der Waals surface area (Å²) in [5.41, 5.74) is 3.66. The zero-order valence-electron chi connectivity index (χ0n) is 10.0. The SMILES string of the molecule is Cc1cc(C)n(-c2c(CO)c(C)nn2C)n1. The van der Waals surface area contributed by atoms with Crippen LogP contribution in [0.15, 0.2) is 6.07 Å². The van der Waals surface area contributed by atoms with Crippen LogP contribution in [0.5, 0.6) is 0 Å². The molecule has 0 saturated heterocycles. The third-order valence-electron chi connectivity index (χ3n) is 2.68. The Kier molecular flexibility index (Phi) is 2.55. The minimum Gasteiger partial charge on any atom is -0.391 e. The van der Waals surface area contributed by atoms with E-state index in [0.717, 1.165) is 28.5 Å². The summed E-state index contributed by atoms with van der Waals surface area (Å²) in [6.07, 6.45) is 0. The molecule has 86 valence electrons. The van der Waals surface area contributed by atoms with Gasteiger partial charge in [-0.15, -0.1) is 0 Å². The topological polar surface area (TPSA) is 55.9 Å². The monoisotopic (exact) mass is 220 g/mol. The largest absolute Gasteiger partial charge is 0.391 e. The maximum atomic E-state index is 9.38. The number of nitrogens with zero attached hydrogens (tertiary/aromatic N) is 4. The Morgan fingerprint density at radius 1 is 1.25 bits per heavy atom. The van der Waals surface area contributed by atoms with Gasteiger partial charge in [0.1, 0.15) is 0 Å². The maximum absolute atomic E-state index is 9.38. The number of aromatic nitrogens is 4. The number of hydrogen-bond donors (Lipinski definition) is 1. The van der Waals surface area contributed by atoms with E-state index < -0.39 is 0 Å². The summed E-state index contributed by atoms with van der Waals surface area (Å²) >= 11 is 0. The molecule has 16 heavy (non-hydrogen) atoms. The van der Waals surface area contributed by atoms with E-state index in [0.29, 0.717) is 0 Å². The van der Waals surface area contributed by atoms with Gasteiger partial charge in [0.2, 0.25) is 0 Å². The van der Waals surface area contributed by atoms with E-state index in [-0.39, 0.29) is 6.61 Å². The van der Waals surface area contributed by atoms with Gasteiger partial charge in [-0.2, -0.15) is 10.2 Å². The van der Waals surface area contributed by atoms with E-state index in [1.54, 1.807) is 4.68 Å². The molecular formula is C11H16N4O. The lowest BCUT2D eigenvalue weighted by atomic mass is 10.2. The molecule has 0 radical (unpaired) electrons. The van der Waals surface area contributed by atoms with Crippen molar-refractivity contribution in [3.05, 3.63) is 28.7 Å². The van der Waals surface area contributed by atoms with Crippen molar-refractivity contribution in [2.75, 3.05) is 0 Å². The minimum absolute atomic E-state index is 0.0205. The van der Waals surface area contributed by atoms with Crippen LogP contribution in [0.1, 0.15) is 22.6 Å². The highest BCUT2D eigenvalue weighted by Crippen LogP contribution is 2.19. The minimum atomic E-state index is -0.0205. The first-order valence-corrected chi connectivity index (χ1v) is 5.21. The van der Waals surface area contributed by atoms with Gasteiger partial charge in [0.05, 0.1) is 18.0 Å². The fourth-order valence-corrected chi connectivity index (χ4v) is 1.98. The lowest BCUT2D eigenvalue weighted by Gasteiger charge is -2.06. The van der Waals surface area contributed by atoms with E-state index >= 15 is 0 Å². The first-order chi connectivity index (χ1) is 7.54. The number of hydrogen-bond acceptors (Lipinski definition) is 3. The van der Waals surface area contributed by atoms with Gasteiger partial charge in [-0.1, -0.05) is 0 Å². The Labute approximate surface area is 94.3 Å². The van der Waals surface area contributed by atoms with Gasteiger partial charge in [-0.3, -0.25) is 4.68 Å². The van der Waals surface area contributed by atoms with Gasteiger partial charge in [-0.25, -0.2) is 4.68 Å². The van der Waals surface area contributed by atoms with Crippen LogP contribution in [0.25, 0.3) is 5.82 Å². The molecular weight excluding hydrogens is 204 g/mol. The number of aliphatic hydroxyl groups is 1. The van der Waals surface area contributed by atoms with Crippen molar-refractivity contribution >= 4 is 0 Å². The molecule has 0 fully saturated rings. The normalized spacial score (nSPS) is 11.1. The number of aliphatic hydroxyl groups excluding tert-OH is 1. The summed E-state index contributed by atoms with van der Waals surface area (Å²) in [6.45, 7) is 5.81. The Morgan fingerprint density at radius 3 is 2.44 bits per heavy atom. The highest BCUT2D eigenvalue weighted by atomic mass is 16.3. The highest BCUT2D eigenvalue weighted by molar-refractivity contribution is 5.38. The second-order valence-electron chi connectivity index (χ2n) is 4.01. The molecule has 5 heteroatoms. The zero-order valence-corrected chi connectivity index (χ0v) is 10.0. The average Bonchev–Trinajstić information content (AvgIpc) is 2.66. The Bertz CT molecular complexity index is 524. The van der Waals surface area contributed by atoms with Crippen molar-refractivity contribution in [1.82, 2.24) is 19.6 Å². The van der Waals surface area contributed by atoms with Crippen LogP contribution in [0.3, 0.4) is 0 Å². The maximum Gasteiger partial charge on any atom is 0.157 e. The van der Waals surface area contributed by atoms with Gasteiger partial charge in [0.25, 0.3) is 0 Å². The number of aryl methyl sites for hydroxylation is 4. The third-order valence-corrected chi connectivity index (χ3v) is 2.68. The van der Waals surface area contributed by atoms with Crippen LogP contribution >= 0.6 is 0 Å². The van der Waals surface area contributed by atoms with Crippen LogP contribution < -0.4 is 0 Å². The summed E-state index contributed by atoms with van der Waals surface area (Å²) in [6, 6.07) is 2.00. The predicted molar refractivity (Wildman–Crippen MR) is 60.5 cm³/mol. The second kappa shape index (κ2) is 3.75. The molecule has 0 saturated carbocycles. The molecule has 0 unspecified atom stereocenters. The fourth-order valence-electron chi connectivity index (χ4n) is 1.98. The average molecular weight is 220 g/mol. The van der Waals surface area contributed by atoms with Gasteiger partial charge in [0, 0.05) is 18.3 Å². The molecule has 0 bridgehead atoms. The van der Waals surface area contributed by atoms with E-state index in [2.05, 4.69) is 10.2 Å². The van der Waals surface area contributed by atoms with Crippen molar-refractivity contribution in [3.8, 4) is 5.82 Å². The van der Waals surface area contributed by atoms with Crippen molar-refractivity contribution in [2.45, 2.75) is 27.4 Å². The van der Waals surface area contributed by atoms with Crippen LogP contribution in [0.2, 0.25) is 0 Å². The Morgan fingerprint density at radius 2 is 1.94 bits per heavy atom. The smallest absolute Gasteiger partial charge is 0.157 e. The first-order valence-electron chi connectivity index (χ1n) is 5.21. The Balaban J connectivity index is 2.68. The van der Waals surface area contributed by atoms with Crippen molar-refractivity contribution in [2.24, 2.45) is 7.05 Å². The molecule has 1 N–H and O–H groups in total. The molecule has 2 aromatic heterocycles. The van der Waals surface area contributed by atoms with Gasteiger partial charge < -0.3 is 5.11 Å². The quantitative estimate of drug-likeness (QED) is 0.822. The molecule has 0 aromatic carbocycles. The standard InChI is InChI=1S/C11H16N4O/c1-7-5-8(2)15(12-7)11-10(6-16)9(3)13-14(11)4/h5,16H,6H2,1-4H3. The van der Waals surface area contributed by atoms with Crippen LogP contribution in [0.4, 0.5) is 0 Å². The fraction of sp³-hybridized carbons (Fsp3) is 0.455. The Hall–Kier alpha value is -1.62. The molecule has 2 aromatic rings. The first kappa shape index (κ1) is 10.9. The lowest BCUT2D eigenvalue weighted by Crippen LogP contribution is -2.08. The molecule has 0 aliphatic rings. The van der Waals surface area contributed by atoms with Gasteiger partial charge in [-0.05, 0) is 26.8 Å². The van der Waals surface area contributed by atoms with E-state index in [4.69, 9.17) is 0 Å². The van der Waals surface area contributed by atoms with Crippen molar-refractivity contribution < 1.29 is 5.11 Å². The van der Waals surface area contributed by atoms with Crippen molar-refractivity contribution in [3.63, 3.8) is 0 Å². The van der Waals surface area contributed by atoms with Crippen LogP contribution in [0, 0.1) is 20.8 Å². The summed E-state index contributed by atoms with van der Waals surface area (Å²) < 4.78 is 3.57. The predicted octanol–water partition coefficient (Wildman–Crippen LogP) is 1.02. The lowest BCUT2D eigenvalue weighted by molar-refractivity contribution is 0.280. The van der Waals surface area contributed by atoms with E-state index in [1.807, 2.05) is 38.6 Å². The highest BCUT2D eigenvalue weighted by Gasteiger charge is 2.16. The molecule has 2 heterocycles. The van der Waals surface area contributed by atoms with Gasteiger partial charge >= 0.3 is 0 Å². The van der Waals surface area contributed by atoms with Gasteiger partial charge in [0.15, 0.2) is 5.82 Å².